The van der Waals surface area contributed by atoms with E-state index in [4.69, 9.17) is 41.7 Å². The number of anilines is 2. The van der Waals surface area contributed by atoms with Crippen molar-refractivity contribution in [3.8, 4) is 0 Å². The van der Waals surface area contributed by atoms with Crippen molar-refractivity contribution in [2.45, 2.75) is 227 Å². The van der Waals surface area contributed by atoms with E-state index in [1.54, 1.807) is 100 Å². The number of nitrogens with one attached hydrogen (secondary N) is 5. The molecule has 4 aliphatic carbocycles. The van der Waals surface area contributed by atoms with Crippen molar-refractivity contribution < 1.29 is 126 Å². The molecular weight excluding hydrogens is 1630 g/mol. The Hall–Kier alpha value is -11.3. The van der Waals surface area contributed by atoms with Crippen LogP contribution < -0.4 is 43.8 Å². The Morgan fingerprint density at radius 1 is 0.468 bits per heavy atom. The molecule has 2 heterocycles. The van der Waals surface area contributed by atoms with Gasteiger partial charge in [0.05, 0.1) is 46.8 Å². The summed E-state index contributed by atoms with van der Waals surface area (Å²) in [4.78, 5) is 224. The number of carbonyl (C=O) groups excluding carboxylic acids is 17. The number of benzene rings is 3. The largest absolute Gasteiger partial charge is 0.480 e. The SMILES string of the molecule is CCOC(=O)C1(C(=O)C[C@@H](CCCNC(N)=O)C(=O)Cc2ccc(CO)cc2)CCC1.CCOC(=O)C1(C(=O)ON2C(=O)CCC2=O)CCC1.C[B]P=O.NC(=O)NCCC[C@H](CC(=O)C1(C(=O)CCCCCCN2C(=O)C=CC2=O)CCC1)C(=O)Nc1ccc(CO)cc1.NC(=O)NCCC[C@H](CC(=O)C1(C(=O)O)CCC1)C(=O)Nc1ccc(CO)cc1. The highest BCUT2D eigenvalue weighted by molar-refractivity contribution is 7.60. The van der Waals surface area contributed by atoms with Crippen LogP contribution in [0, 0.1) is 39.4 Å². The second-order valence-electron chi connectivity index (χ2n) is 31.1. The van der Waals surface area contributed by atoms with Crippen molar-refractivity contribution in [2.75, 3.05) is 50.0 Å². The zero-order valence-electron chi connectivity index (χ0n) is 70.6. The number of rotatable bonds is 47. The minimum Gasteiger partial charge on any atom is -0.480 e. The Bertz CT molecular complexity index is 4230. The van der Waals surface area contributed by atoms with Crippen LogP contribution in [0.2, 0.25) is 6.82 Å². The third-order valence-corrected chi connectivity index (χ3v) is 23.0. The van der Waals surface area contributed by atoms with Gasteiger partial charge in [-0.1, -0.05) is 87.5 Å². The number of aliphatic carboxylic acids is 1. The van der Waals surface area contributed by atoms with Gasteiger partial charge in [-0.15, -0.1) is 5.06 Å². The van der Waals surface area contributed by atoms with Gasteiger partial charge in [0.15, 0.2) is 17.0 Å². The van der Waals surface area contributed by atoms with Gasteiger partial charge in [-0.2, -0.15) is 0 Å². The van der Waals surface area contributed by atoms with Crippen LogP contribution >= 0.6 is 8.34 Å². The number of carboxylic acids is 1. The van der Waals surface area contributed by atoms with Crippen molar-refractivity contribution in [1.82, 2.24) is 25.9 Å². The number of nitrogens with two attached hydrogens (primary N) is 3. The minimum absolute atomic E-state index is 0.0249. The van der Waals surface area contributed by atoms with Gasteiger partial charge in [0.1, 0.15) is 28.2 Å². The van der Waals surface area contributed by atoms with E-state index in [-0.39, 0.29) is 140 Å². The van der Waals surface area contributed by atoms with E-state index < -0.39 is 105 Å². The third kappa shape index (κ3) is 30.9. The van der Waals surface area contributed by atoms with Crippen LogP contribution in [-0.2, 0) is 117 Å². The molecule has 9 rings (SSSR count). The van der Waals surface area contributed by atoms with E-state index >= 15 is 0 Å². The van der Waals surface area contributed by atoms with Gasteiger partial charge >= 0.3 is 42.0 Å². The van der Waals surface area contributed by atoms with Gasteiger partial charge in [0.2, 0.25) is 18.8 Å². The molecule has 2 aliphatic heterocycles. The Labute approximate surface area is 721 Å². The molecule has 3 aromatic carbocycles. The number of aliphatic hydroxyl groups excluding tert-OH is 3. The number of amides is 12. The fraction of sp³-hybridized carbons (Fsp3) is 0.558. The maximum absolute atomic E-state index is 13.5. The highest BCUT2D eigenvalue weighted by atomic mass is 31.1. The first-order valence-corrected chi connectivity index (χ1v) is 42.8. The van der Waals surface area contributed by atoms with Crippen molar-refractivity contribution in [1.29, 1.82) is 0 Å². The molecule has 15 N–H and O–H groups in total. The summed E-state index contributed by atoms with van der Waals surface area (Å²) in [6.45, 7) is 7.85. The maximum atomic E-state index is 13.5. The van der Waals surface area contributed by atoms with Gasteiger partial charge in [0.25, 0.3) is 23.6 Å². The van der Waals surface area contributed by atoms with Crippen molar-refractivity contribution >= 4 is 133 Å². The summed E-state index contributed by atoms with van der Waals surface area (Å²) in [5.74, 6) is -8.67. The summed E-state index contributed by atoms with van der Waals surface area (Å²) < 4.78 is 19.2. The molecule has 6 aliphatic rings. The number of ketones is 5. The smallest absolute Gasteiger partial charge is 0.350 e. The second-order valence-corrected chi connectivity index (χ2v) is 31.9. The lowest BCUT2D eigenvalue weighted by molar-refractivity contribution is -0.212. The number of carboxylic acid groups (broad SMARTS) is 1. The number of Topliss-reactive ketones (excluding diaryl/α,β-unsaturated/α-hetero) is 5. The number of esters is 2. The van der Waals surface area contributed by atoms with Crippen LogP contribution in [0.5, 0.6) is 0 Å². The van der Waals surface area contributed by atoms with Crippen molar-refractivity contribution in [2.24, 2.45) is 56.6 Å². The normalized spacial score (nSPS) is 16.3. The van der Waals surface area contributed by atoms with Crippen LogP contribution in [0.3, 0.4) is 0 Å². The van der Waals surface area contributed by atoms with E-state index in [2.05, 4.69) is 26.6 Å². The quantitative estimate of drug-likeness (QED) is 0.00651. The molecule has 1 saturated heterocycles. The molecule has 36 nitrogen and oxygen atoms in total. The van der Waals surface area contributed by atoms with Crippen molar-refractivity contribution in [3.05, 3.63) is 107 Å². The number of carbonyl (C=O) groups is 18. The number of ether oxygens (including phenoxy) is 2. The molecular formula is C86H117BN10O26P. The van der Waals surface area contributed by atoms with E-state index in [1.165, 1.54) is 17.1 Å². The Morgan fingerprint density at radius 3 is 1.19 bits per heavy atom. The second kappa shape index (κ2) is 52.4. The van der Waals surface area contributed by atoms with E-state index in [0.29, 0.717) is 156 Å². The molecule has 675 valence electrons. The molecule has 12 amide bonds. The van der Waals surface area contributed by atoms with Crippen LogP contribution in [0.1, 0.15) is 216 Å². The van der Waals surface area contributed by atoms with E-state index in [1.807, 2.05) is 0 Å². The number of unbranched alkanes of at least 4 members (excludes halogenated alkanes) is 3. The van der Waals surface area contributed by atoms with Crippen LogP contribution in [-0.4, -0.2) is 183 Å². The zero-order valence-corrected chi connectivity index (χ0v) is 71.5. The molecule has 0 bridgehead atoms. The van der Waals surface area contributed by atoms with Crippen molar-refractivity contribution in [3.63, 3.8) is 0 Å². The number of hydrogen-bond acceptors (Lipinski definition) is 25. The number of aliphatic hydroxyl groups is 3. The molecule has 4 saturated carbocycles. The zero-order chi connectivity index (χ0) is 91.6. The van der Waals surface area contributed by atoms with Gasteiger partial charge in [-0.05, 0) is 170 Å². The van der Waals surface area contributed by atoms with Gasteiger partial charge in [-0.25, -0.2) is 19.2 Å². The highest BCUT2D eigenvalue weighted by Crippen LogP contribution is 2.48. The average molecular weight is 1750 g/mol. The Balaban J connectivity index is 0.000000297. The summed E-state index contributed by atoms with van der Waals surface area (Å²) >= 11 is 0. The fourth-order valence-electron chi connectivity index (χ4n) is 14.7. The van der Waals surface area contributed by atoms with Crippen LogP contribution in [0.25, 0.3) is 0 Å². The predicted octanol–water partition coefficient (Wildman–Crippen LogP) is 7.47. The summed E-state index contributed by atoms with van der Waals surface area (Å²) in [5.41, 5.74) is 14.3. The first kappa shape index (κ1) is 103. The van der Waals surface area contributed by atoms with Gasteiger partial charge < -0.3 is 78.5 Å². The first-order chi connectivity index (χ1) is 59.2. The van der Waals surface area contributed by atoms with Gasteiger partial charge in [-0.3, -0.25) is 76.6 Å². The average Bonchev–Trinajstić information content (AvgIpc) is 1.04. The standard InChI is InChI=1S/C30H40N4O7.C23H32N2O6.C20H27N3O6.C12H15NO6.CH3BOP/c31-29(41)32-17-5-7-22(28(40)33-23-11-9-21(20-35)10-12-23)19-25(37)30(15-6-16-30)24(36)8-3-1-2-4-18-34-26(38)13-14-27(34)39;1-2-31-21(29)23(10-4-11-23)20(28)14-18(5-3-12-25-22(24)30)19(27)13-16-6-8-17(15-26)9-7-16;21-19(29)22-10-1-3-14(11-16(25)20(18(27)28)8-2-9-20)17(26)23-15-6-4-13(12-24)5-7-15;1-2-18-10(16)12(6-3-7-12)11(17)19-13-8(14)4-5-9(13)15;1-2-4-3/h9-14,22,35H,1-8,15-20H2,(H,33,40)(H3,31,32,41);6-9,18,26H,2-5,10-15H2,1H3,(H3,24,25,30);4-7,14,24H,1-3,8-12H2,(H,23,26)(H,27,28)(H3,21,22,29);2-7H2,1H3;1H3/t22-;18-;14-;;/m111../s1. The molecule has 3 aromatic rings. The lowest BCUT2D eigenvalue weighted by atomic mass is 9.61. The molecule has 0 spiro atoms. The molecule has 1 radical (unpaired) electrons. The monoisotopic (exact) mass is 1750 g/mol. The minimum atomic E-state index is -1.38. The van der Waals surface area contributed by atoms with Crippen LogP contribution in [0.4, 0.5) is 25.8 Å². The summed E-state index contributed by atoms with van der Waals surface area (Å²) in [5, 5.41) is 50.4. The molecule has 0 unspecified atom stereocenters. The summed E-state index contributed by atoms with van der Waals surface area (Å²) in [7, 11) is 0.123. The molecule has 38 heteroatoms. The maximum Gasteiger partial charge on any atom is 0.350 e. The number of hydrogen-bond donors (Lipinski definition) is 12. The Morgan fingerprint density at radius 2 is 0.823 bits per heavy atom. The highest BCUT2D eigenvalue weighted by Gasteiger charge is 2.57. The van der Waals surface area contributed by atoms with E-state index in [0.717, 1.165) is 36.8 Å². The molecule has 0 aromatic heterocycles. The third-order valence-electron chi connectivity index (χ3n) is 22.8. The number of imide groups is 2. The number of hydroxylamine groups is 2. The number of nitrogens with zero attached hydrogens (tertiary/aromatic N) is 2. The van der Waals surface area contributed by atoms with Gasteiger partial charge in [0, 0.05) is 112 Å². The van der Waals surface area contributed by atoms with E-state index in [9.17, 15) is 101 Å². The Kier molecular flexibility index (Phi) is 43.6. The molecule has 5 fully saturated rings. The first-order valence-electron chi connectivity index (χ1n) is 41.9. The lowest BCUT2D eigenvalue weighted by Crippen LogP contribution is -2.50. The van der Waals surface area contributed by atoms with Crippen LogP contribution in [0.15, 0.2) is 84.9 Å². The fourth-order valence-corrected chi connectivity index (χ4v) is 14.7. The summed E-state index contributed by atoms with van der Waals surface area (Å²) in [6, 6.07) is 18.4. The number of primary amides is 3. The molecule has 124 heavy (non-hydrogen) atoms. The lowest BCUT2D eigenvalue weighted by Gasteiger charge is -2.39. The molecule has 3 atom stereocenters. The summed E-state index contributed by atoms with van der Waals surface area (Å²) in [6.07, 6.45) is 13.9. The number of urea groups is 3. The predicted molar refractivity (Wildman–Crippen MR) is 449 cm³/mol. The topological polar surface area (TPSA) is 578 Å².